The highest BCUT2D eigenvalue weighted by atomic mass is 79.9. The van der Waals surface area contributed by atoms with Crippen LogP contribution in [0.5, 0.6) is 0 Å². The lowest BCUT2D eigenvalue weighted by Crippen LogP contribution is -2.41. The molecule has 6 heteroatoms. The lowest BCUT2D eigenvalue weighted by molar-refractivity contribution is -0.138. The number of halogens is 1. The van der Waals surface area contributed by atoms with Gasteiger partial charge < -0.3 is 15.7 Å². The Morgan fingerprint density at radius 2 is 2.38 bits per heavy atom. The molecule has 0 fully saturated rings. The number of carboxylic acid groups (broad SMARTS) is 1. The summed E-state index contributed by atoms with van der Waals surface area (Å²) in [7, 11) is 1.88. The van der Waals surface area contributed by atoms with Crippen LogP contribution >= 0.6 is 27.3 Å². The van der Waals surface area contributed by atoms with E-state index in [0.717, 1.165) is 16.8 Å². The van der Waals surface area contributed by atoms with Crippen molar-refractivity contribution in [1.29, 1.82) is 0 Å². The third kappa shape index (κ3) is 4.61. The van der Waals surface area contributed by atoms with Crippen LogP contribution in [-0.2, 0) is 11.2 Å². The van der Waals surface area contributed by atoms with Crippen molar-refractivity contribution in [2.24, 2.45) is 5.73 Å². The number of carbonyl (C=O) groups is 1. The molecule has 0 aliphatic rings. The van der Waals surface area contributed by atoms with Gasteiger partial charge in [-0.2, -0.15) is 0 Å². The Bertz CT molecular complexity index is 356. The Balaban J connectivity index is 2.30. The molecule has 1 aromatic rings. The largest absolute Gasteiger partial charge is 0.480 e. The molecular formula is C10H15BrN2O2S. The maximum absolute atomic E-state index is 10.6. The summed E-state index contributed by atoms with van der Waals surface area (Å²) in [6, 6.07) is 3.28. The predicted octanol–water partition coefficient (Wildman–Crippen LogP) is 1.40. The second kappa shape index (κ2) is 6.34. The molecule has 1 heterocycles. The van der Waals surface area contributed by atoms with Crippen LogP contribution in [0.4, 0.5) is 0 Å². The van der Waals surface area contributed by atoms with E-state index in [0.29, 0.717) is 6.54 Å². The SMILES string of the molecule is CN(CCc1ccc(Br)s1)CC(N)C(=O)O. The number of likely N-dealkylation sites (N-methyl/N-ethyl adjacent to an activating group) is 1. The maximum atomic E-state index is 10.6. The topological polar surface area (TPSA) is 66.6 Å². The standard InChI is InChI=1S/C10H15BrN2O2S/c1-13(6-8(12)10(14)15)5-4-7-2-3-9(11)16-7/h2-3,8H,4-6,12H2,1H3,(H,14,15). The molecule has 0 bridgehead atoms. The van der Waals surface area contributed by atoms with Gasteiger partial charge in [0.05, 0.1) is 3.79 Å². The molecule has 1 atom stereocenters. The minimum Gasteiger partial charge on any atom is -0.480 e. The van der Waals surface area contributed by atoms with E-state index in [1.54, 1.807) is 11.3 Å². The molecule has 1 aromatic heterocycles. The average molecular weight is 307 g/mol. The smallest absolute Gasteiger partial charge is 0.321 e. The lowest BCUT2D eigenvalue weighted by atomic mass is 10.2. The zero-order valence-electron chi connectivity index (χ0n) is 9.02. The molecule has 0 aliphatic carbocycles. The summed E-state index contributed by atoms with van der Waals surface area (Å²) in [5.41, 5.74) is 5.44. The molecule has 90 valence electrons. The predicted molar refractivity (Wildman–Crippen MR) is 68.8 cm³/mol. The number of hydrogen-bond acceptors (Lipinski definition) is 4. The van der Waals surface area contributed by atoms with Crippen molar-refractivity contribution in [3.63, 3.8) is 0 Å². The highest BCUT2D eigenvalue weighted by Gasteiger charge is 2.13. The molecule has 1 rings (SSSR count). The number of carboxylic acids is 1. The van der Waals surface area contributed by atoms with E-state index in [2.05, 4.69) is 22.0 Å². The van der Waals surface area contributed by atoms with Gasteiger partial charge in [-0.05, 0) is 41.5 Å². The summed E-state index contributed by atoms with van der Waals surface area (Å²) in [6.45, 7) is 1.19. The van der Waals surface area contributed by atoms with Crippen LogP contribution in [0.1, 0.15) is 4.88 Å². The number of aliphatic carboxylic acids is 1. The van der Waals surface area contributed by atoms with Crippen LogP contribution in [0, 0.1) is 0 Å². The summed E-state index contributed by atoms with van der Waals surface area (Å²) < 4.78 is 1.12. The van der Waals surface area contributed by atoms with Crippen LogP contribution in [0.25, 0.3) is 0 Å². The number of nitrogens with two attached hydrogens (primary N) is 1. The second-order valence-corrected chi connectivity index (χ2v) is 6.21. The molecule has 0 spiro atoms. The van der Waals surface area contributed by atoms with E-state index in [9.17, 15) is 4.79 Å². The zero-order chi connectivity index (χ0) is 12.1. The molecule has 3 N–H and O–H groups in total. The summed E-state index contributed by atoms with van der Waals surface area (Å²) in [6.07, 6.45) is 0.916. The van der Waals surface area contributed by atoms with Gasteiger partial charge in [0, 0.05) is 18.0 Å². The zero-order valence-corrected chi connectivity index (χ0v) is 11.4. The van der Waals surface area contributed by atoms with Gasteiger partial charge in [-0.1, -0.05) is 0 Å². The van der Waals surface area contributed by atoms with Crippen LogP contribution in [0.3, 0.4) is 0 Å². The van der Waals surface area contributed by atoms with Crippen molar-refractivity contribution in [2.45, 2.75) is 12.5 Å². The summed E-state index contributed by atoms with van der Waals surface area (Å²) in [5.74, 6) is -0.953. The van der Waals surface area contributed by atoms with Gasteiger partial charge in [-0.25, -0.2) is 0 Å². The first-order valence-electron chi connectivity index (χ1n) is 4.90. The first-order chi connectivity index (χ1) is 7.49. The highest BCUT2D eigenvalue weighted by molar-refractivity contribution is 9.11. The van der Waals surface area contributed by atoms with Gasteiger partial charge >= 0.3 is 5.97 Å². The lowest BCUT2D eigenvalue weighted by Gasteiger charge is -2.18. The van der Waals surface area contributed by atoms with Crippen molar-refractivity contribution in [2.75, 3.05) is 20.1 Å². The van der Waals surface area contributed by atoms with Crippen LogP contribution in [0.2, 0.25) is 0 Å². The van der Waals surface area contributed by atoms with Crippen molar-refractivity contribution in [3.8, 4) is 0 Å². The third-order valence-corrected chi connectivity index (χ3v) is 3.88. The quantitative estimate of drug-likeness (QED) is 0.833. The van der Waals surface area contributed by atoms with Crippen LogP contribution in [-0.4, -0.2) is 42.2 Å². The fourth-order valence-corrected chi connectivity index (χ4v) is 2.76. The van der Waals surface area contributed by atoms with E-state index >= 15 is 0 Å². The minimum absolute atomic E-state index is 0.377. The van der Waals surface area contributed by atoms with Gasteiger partial charge in [-0.3, -0.25) is 4.79 Å². The van der Waals surface area contributed by atoms with E-state index in [-0.39, 0.29) is 0 Å². The molecule has 0 saturated heterocycles. The molecule has 0 aliphatic heterocycles. The minimum atomic E-state index is -0.953. The van der Waals surface area contributed by atoms with Crippen LogP contribution in [0.15, 0.2) is 15.9 Å². The third-order valence-electron chi connectivity index (χ3n) is 2.19. The first kappa shape index (κ1) is 13.6. The van der Waals surface area contributed by atoms with E-state index in [1.165, 1.54) is 4.88 Å². The molecule has 0 radical (unpaired) electrons. The molecule has 1 unspecified atom stereocenters. The number of hydrogen-bond donors (Lipinski definition) is 2. The van der Waals surface area contributed by atoms with Gasteiger partial charge in [0.25, 0.3) is 0 Å². The summed E-state index contributed by atoms with van der Waals surface area (Å²) in [5, 5.41) is 8.66. The molecule has 0 amide bonds. The van der Waals surface area contributed by atoms with Crippen molar-refractivity contribution < 1.29 is 9.90 Å². The highest BCUT2D eigenvalue weighted by Crippen LogP contribution is 2.22. The van der Waals surface area contributed by atoms with Gasteiger partial charge in [0.15, 0.2) is 0 Å². The first-order valence-corrected chi connectivity index (χ1v) is 6.51. The number of rotatable bonds is 6. The molecule has 4 nitrogen and oxygen atoms in total. The molecular weight excluding hydrogens is 292 g/mol. The van der Waals surface area contributed by atoms with Crippen LogP contribution < -0.4 is 5.73 Å². The van der Waals surface area contributed by atoms with Crippen molar-refractivity contribution in [1.82, 2.24) is 4.90 Å². The normalized spacial score (nSPS) is 13.0. The Morgan fingerprint density at radius 3 is 2.88 bits per heavy atom. The summed E-state index contributed by atoms with van der Waals surface area (Å²) in [4.78, 5) is 13.8. The number of thiophene rings is 1. The second-order valence-electron chi connectivity index (χ2n) is 3.66. The Morgan fingerprint density at radius 1 is 1.69 bits per heavy atom. The van der Waals surface area contributed by atoms with E-state index in [1.807, 2.05) is 18.0 Å². The van der Waals surface area contributed by atoms with Gasteiger partial charge in [-0.15, -0.1) is 11.3 Å². The summed E-state index contributed by atoms with van der Waals surface area (Å²) >= 11 is 5.10. The average Bonchev–Trinajstić information content (AvgIpc) is 2.61. The molecule has 16 heavy (non-hydrogen) atoms. The molecule has 0 saturated carbocycles. The fraction of sp³-hybridized carbons (Fsp3) is 0.500. The van der Waals surface area contributed by atoms with Crippen molar-refractivity contribution in [3.05, 3.63) is 20.8 Å². The van der Waals surface area contributed by atoms with Crippen molar-refractivity contribution >= 4 is 33.2 Å². The molecule has 0 aromatic carbocycles. The Labute approximate surface area is 107 Å². The van der Waals surface area contributed by atoms with E-state index < -0.39 is 12.0 Å². The van der Waals surface area contributed by atoms with Gasteiger partial charge in [0.1, 0.15) is 6.04 Å². The Kier molecular flexibility index (Phi) is 5.40. The monoisotopic (exact) mass is 306 g/mol. The number of nitrogens with zero attached hydrogens (tertiary/aromatic N) is 1. The Hall–Kier alpha value is -0.430. The maximum Gasteiger partial charge on any atom is 0.321 e. The van der Waals surface area contributed by atoms with Gasteiger partial charge in [0.2, 0.25) is 0 Å². The fourth-order valence-electron chi connectivity index (χ4n) is 1.29. The van der Waals surface area contributed by atoms with E-state index in [4.69, 9.17) is 10.8 Å².